The molecule has 0 unspecified atom stereocenters. The highest BCUT2D eigenvalue weighted by Gasteiger charge is 2.11. The molecule has 3 aromatic rings. The SMILES string of the molecule is Cc1ccc(OCc2nnc(SCC(=O)Nc3cc(C)ccc3C)o2)cc1. The Balaban J connectivity index is 1.48. The average Bonchev–Trinajstić information content (AvgIpc) is 3.10. The Labute approximate surface area is 162 Å². The molecule has 1 aromatic heterocycles. The second-order valence-corrected chi connectivity index (χ2v) is 7.15. The van der Waals surface area contributed by atoms with Crippen molar-refractivity contribution in [1.29, 1.82) is 0 Å². The third-order valence-electron chi connectivity index (χ3n) is 3.83. The van der Waals surface area contributed by atoms with Gasteiger partial charge in [0.2, 0.25) is 5.91 Å². The van der Waals surface area contributed by atoms with Gasteiger partial charge in [-0.15, -0.1) is 10.2 Å². The first-order chi connectivity index (χ1) is 13.0. The molecular formula is C20H21N3O3S. The minimum absolute atomic E-state index is 0.121. The van der Waals surface area contributed by atoms with E-state index in [-0.39, 0.29) is 18.3 Å². The minimum Gasteiger partial charge on any atom is -0.484 e. The van der Waals surface area contributed by atoms with Crippen LogP contribution >= 0.6 is 11.8 Å². The molecule has 1 amide bonds. The third-order valence-corrected chi connectivity index (χ3v) is 4.64. The van der Waals surface area contributed by atoms with Crippen molar-refractivity contribution < 1.29 is 13.9 Å². The van der Waals surface area contributed by atoms with Crippen LogP contribution in [0, 0.1) is 20.8 Å². The van der Waals surface area contributed by atoms with Crippen molar-refractivity contribution in [2.75, 3.05) is 11.1 Å². The van der Waals surface area contributed by atoms with E-state index in [1.54, 1.807) is 0 Å². The summed E-state index contributed by atoms with van der Waals surface area (Å²) in [5, 5.41) is 11.1. The van der Waals surface area contributed by atoms with Gasteiger partial charge in [0.05, 0.1) is 5.75 Å². The maximum Gasteiger partial charge on any atom is 0.277 e. The van der Waals surface area contributed by atoms with Crippen LogP contribution in [0.3, 0.4) is 0 Å². The highest BCUT2D eigenvalue weighted by molar-refractivity contribution is 7.99. The van der Waals surface area contributed by atoms with Gasteiger partial charge in [-0.2, -0.15) is 0 Å². The Morgan fingerprint density at radius 2 is 1.81 bits per heavy atom. The molecule has 0 saturated heterocycles. The van der Waals surface area contributed by atoms with Gasteiger partial charge in [0.1, 0.15) is 5.75 Å². The highest BCUT2D eigenvalue weighted by atomic mass is 32.2. The highest BCUT2D eigenvalue weighted by Crippen LogP contribution is 2.20. The lowest BCUT2D eigenvalue weighted by molar-refractivity contribution is -0.113. The molecule has 0 aliphatic heterocycles. The van der Waals surface area contributed by atoms with Crippen molar-refractivity contribution in [3.63, 3.8) is 0 Å². The van der Waals surface area contributed by atoms with Gasteiger partial charge in [0.25, 0.3) is 11.1 Å². The zero-order valence-electron chi connectivity index (χ0n) is 15.5. The second kappa shape index (κ2) is 8.73. The number of hydrogen-bond donors (Lipinski definition) is 1. The molecule has 0 spiro atoms. The van der Waals surface area contributed by atoms with Gasteiger partial charge in [-0.05, 0) is 50.1 Å². The predicted octanol–water partition coefficient (Wildman–Crippen LogP) is 4.30. The van der Waals surface area contributed by atoms with Crippen LogP contribution in [0.15, 0.2) is 52.1 Å². The van der Waals surface area contributed by atoms with Crippen LogP contribution in [0.5, 0.6) is 5.75 Å². The summed E-state index contributed by atoms with van der Waals surface area (Å²) in [6.45, 7) is 6.15. The van der Waals surface area contributed by atoms with Gasteiger partial charge in [-0.1, -0.05) is 41.6 Å². The summed E-state index contributed by atoms with van der Waals surface area (Å²) >= 11 is 1.19. The van der Waals surface area contributed by atoms with Crippen LogP contribution < -0.4 is 10.1 Å². The third kappa shape index (κ3) is 5.59. The van der Waals surface area contributed by atoms with Crippen molar-refractivity contribution in [1.82, 2.24) is 10.2 Å². The number of rotatable bonds is 7. The van der Waals surface area contributed by atoms with Crippen LogP contribution in [0.1, 0.15) is 22.6 Å². The summed E-state index contributed by atoms with van der Waals surface area (Å²) < 4.78 is 11.1. The lowest BCUT2D eigenvalue weighted by Gasteiger charge is -2.08. The van der Waals surface area contributed by atoms with E-state index in [1.807, 2.05) is 63.2 Å². The largest absolute Gasteiger partial charge is 0.484 e. The number of thioether (sulfide) groups is 1. The molecular weight excluding hydrogens is 362 g/mol. The first kappa shape index (κ1) is 19.0. The van der Waals surface area contributed by atoms with E-state index in [9.17, 15) is 4.79 Å². The topological polar surface area (TPSA) is 77.2 Å². The van der Waals surface area contributed by atoms with Crippen LogP contribution in [-0.2, 0) is 11.4 Å². The maximum atomic E-state index is 12.1. The molecule has 27 heavy (non-hydrogen) atoms. The van der Waals surface area contributed by atoms with Crippen molar-refractivity contribution in [3.8, 4) is 5.75 Å². The van der Waals surface area contributed by atoms with Crippen LogP contribution in [0.25, 0.3) is 0 Å². The second-order valence-electron chi connectivity index (χ2n) is 6.22. The number of aryl methyl sites for hydroxylation is 3. The van der Waals surface area contributed by atoms with Crippen molar-refractivity contribution in [2.24, 2.45) is 0 Å². The number of nitrogens with zero attached hydrogens (tertiary/aromatic N) is 2. The van der Waals surface area contributed by atoms with Gasteiger partial charge in [0.15, 0.2) is 6.61 Å². The van der Waals surface area contributed by atoms with E-state index in [0.717, 1.165) is 28.1 Å². The number of anilines is 1. The van der Waals surface area contributed by atoms with E-state index >= 15 is 0 Å². The van der Waals surface area contributed by atoms with Gasteiger partial charge in [0, 0.05) is 5.69 Å². The molecule has 0 atom stereocenters. The van der Waals surface area contributed by atoms with Crippen LogP contribution in [-0.4, -0.2) is 21.9 Å². The van der Waals surface area contributed by atoms with E-state index in [4.69, 9.17) is 9.15 Å². The summed E-state index contributed by atoms with van der Waals surface area (Å²) in [5.41, 5.74) is 4.10. The lowest BCUT2D eigenvalue weighted by Crippen LogP contribution is -2.14. The van der Waals surface area contributed by atoms with Crippen molar-refractivity contribution >= 4 is 23.4 Å². The molecule has 0 fully saturated rings. The number of ether oxygens (including phenoxy) is 1. The summed E-state index contributed by atoms with van der Waals surface area (Å²) in [6.07, 6.45) is 0. The molecule has 2 aromatic carbocycles. The molecule has 0 aliphatic rings. The monoisotopic (exact) mass is 383 g/mol. The summed E-state index contributed by atoms with van der Waals surface area (Å²) in [6, 6.07) is 13.7. The smallest absolute Gasteiger partial charge is 0.277 e. The molecule has 1 heterocycles. The average molecular weight is 383 g/mol. The zero-order valence-corrected chi connectivity index (χ0v) is 16.3. The fourth-order valence-electron chi connectivity index (χ4n) is 2.32. The first-order valence-electron chi connectivity index (χ1n) is 8.51. The number of amides is 1. The summed E-state index contributed by atoms with van der Waals surface area (Å²) in [4.78, 5) is 12.1. The molecule has 140 valence electrons. The summed E-state index contributed by atoms with van der Waals surface area (Å²) in [5.74, 6) is 1.17. The van der Waals surface area contributed by atoms with E-state index in [1.165, 1.54) is 11.8 Å². The Morgan fingerprint density at radius 1 is 1.07 bits per heavy atom. The van der Waals surface area contributed by atoms with Gasteiger partial charge in [-0.3, -0.25) is 4.79 Å². The van der Waals surface area contributed by atoms with Crippen molar-refractivity contribution in [2.45, 2.75) is 32.6 Å². The van der Waals surface area contributed by atoms with E-state index in [0.29, 0.717) is 11.1 Å². The number of benzene rings is 2. The lowest BCUT2D eigenvalue weighted by atomic mass is 10.1. The van der Waals surface area contributed by atoms with Crippen LogP contribution in [0.4, 0.5) is 5.69 Å². The molecule has 6 nitrogen and oxygen atoms in total. The Hall–Kier alpha value is -2.80. The molecule has 0 aliphatic carbocycles. The molecule has 1 N–H and O–H groups in total. The number of carbonyl (C=O) groups is 1. The Bertz CT molecular complexity index is 922. The zero-order chi connectivity index (χ0) is 19.2. The summed E-state index contributed by atoms with van der Waals surface area (Å²) in [7, 11) is 0. The van der Waals surface area contributed by atoms with Crippen LogP contribution in [0.2, 0.25) is 0 Å². The fraction of sp³-hybridized carbons (Fsp3) is 0.250. The normalized spacial score (nSPS) is 10.6. The Kier molecular flexibility index (Phi) is 6.13. The van der Waals surface area contributed by atoms with E-state index < -0.39 is 0 Å². The first-order valence-corrected chi connectivity index (χ1v) is 9.50. The number of aromatic nitrogens is 2. The van der Waals surface area contributed by atoms with Gasteiger partial charge < -0.3 is 14.5 Å². The fourth-order valence-corrected chi connectivity index (χ4v) is 2.90. The molecule has 0 bridgehead atoms. The van der Waals surface area contributed by atoms with Gasteiger partial charge >= 0.3 is 0 Å². The maximum absolute atomic E-state index is 12.1. The molecule has 7 heteroatoms. The number of nitrogens with one attached hydrogen (secondary N) is 1. The van der Waals surface area contributed by atoms with E-state index in [2.05, 4.69) is 15.5 Å². The van der Waals surface area contributed by atoms with Gasteiger partial charge in [-0.25, -0.2) is 0 Å². The van der Waals surface area contributed by atoms with Crippen molar-refractivity contribution in [3.05, 3.63) is 65.0 Å². The molecule has 3 rings (SSSR count). The standard InChI is InChI=1S/C20H21N3O3S/c1-13-5-8-16(9-6-13)25-11-19-22-23-20(26-19)27-12-18(24)21-17-10-14(2)4-7-15(17)3/h4-10H,11-12H2,1-3H3,(H,21,24). The number of carbonyl (C=O) groups excluding carboxylic acids is 1. The minimum atomic E-state index is -0.121. The quantitative estimate of drug-likeness (QED) is 0.613. The molecule has 0 saturated carbocycles. The molecule has 0 radical (unpaired) electrons. The number of hydrogen-bond acceptors (Lipinski definition) is 6. The Morgan fingerprint density at radius 3 is 2.59 bits per heavy atom. The predicted molar refractivity (Wildman–Crippen MR) is 105 cm³/mol.